The summed E-state index contributed by atoms with van der Waals surface area (Å²) in [6.45, 7) is 0. The van der Waals surface area contributed by atoms with Crippen LogP contribution in [0.2, 0.25) is 0 Å². The molecule has 0 aromatic carbocycles. The van der Waals surface area contributed by atoms with Crippen LogP contribution in [0, 0.1) is 0 Å². The first-order valence-electron chi connectivity index (χ1n) is 3.03. The lowest BCUT2D eigenvalue weighted by atomic mass is 10.2. The van der Waals surface area contributed by atoms with Gasteiger partial charge in [0.15, 0.2) is 0 Å². The van der Waals surface area contributed by atoms with Crippen molar-refractivity contribution in [1.29, 1.82) is 0 Å². The van der Waals surface area contributed by atoms with E-state index < -0.39 is 18.1 Å². The summed E-state index contributed by atoms with van der Waals surface area (Å²) < 4.78 is 0. The topological polar surface area (TPSA) is 77.8 Å². The third-order valence-corrected chi connectivity index (χ3v) is 1.47. The molecular formula is C6H7NO4. The largest absolute Gasteiger partial charge is 0.480 e. The minimum atomic E-state index is -1.23. The molecule has 11 heavy (non-hydrogen) atoms. The van der Waals surface area contributed by atoms with Gasteiger partial charge in [-0.2, -0.15) is 0 Å². The zero-order valence-corrected chi connectivity index (χ0v) is 5.60. The Kier molecular flexibility index (Phi) is 1.80. The molecule has 0 bridgehead atoms. The Balaban J connectivity index is 2.71. The molecule has 5 heteroatoms. The van der Waals surface area contributed by atoms with E-state index in [1.807, 2.05) is 0 Å². The predicted octanol–water partition coefficient (Wildman–Crippen LogP) is 0.337. The summed E-state index contributed by atoms with van der Waals surface area (Å²) in [7, 11) is 0. The summed E-state index contributed by atoms with van der Waals surface area (Å²) in [6, 6.07) is -0.938. The highest BCUT2D eigenvalue weighted by Gasteiger charge is 2.30. The molecule has 1 heterocycles. The van der Waals surface area contributed by atoms with Crippen molar-refractivity contribution in [3.05, 3.63) is 12.3 Å². The van der Waals surface area contributed by atoms with Crippen LogP contribution in [0.4, 0.5) is 4.79 Å². The van der Waals surface area contributed by atoms with Crippen molar-refractivity contribution in [3.63, 3.8) is 0 Å². The van der Waals surface area contributed by atoms with E-state index in [0.29, 0.717) is 0 Å². The van der Waals surface area contributed by atoms with Crippen LogP contribution in [0.1, 0.15) is 6.42 Å². The van der Waals surface area contributed by atoms with Crippen LogP contribution in [0.15, 0.2) is 12.3 Å². The summed E-state index contributed by atoms with van der Waals surface area (Å²) in [5, 5.41) is 16.9. The molecule has 1 amide bonds. The second kappa shape index (κ2) is 2.61. The average molecular weight is 157 g/mol. The summed E-state index contributed by atoms with van der Waals surface area (Å²) in [5.74, 6) is -1.11. The lowest BCUT2D eigenvalue weighted by molar-refractivity contribution is -0.141. The zero-order valence-electron chi connectivity index (χ0n) is 5.60. The first-order valence-corrected chi connectivity index (χ1v) is 3.03. The Morgan fingerprint density at radius 1 is 1.45 bits per heavy atom. The van der Waals surface area contributed by atoms with Crippen molar-refractivity contribution in [1.82, 2.24) is 4.90 Å². The van der Waals surface area contributed by atoms with E-state index in [2.05, 4.69) is 0 Å². The number of amides is 1. The maximum Gasteiger partial charge on any atom is 0.412 e. The first kappa shape index (κ1) is 7.59. The van der Waals surface area contributed by atoms with E-state index in [9.17, 15) is 9.59 Å². The molecule has 0 fully saturated rings. The highest BCUT2D eigenvalue weighted by Crippen LogP contribution is 2.13. The summed E-state index contributed by atoms with van der Waals surface area (Å²) in [4.78, 5) is 21.5. The molecule has 0 radical (unpaired) electrons. The Bertz CT molecular complexity index is 223. The molecule has 0 unspecified atom stereocenters. The maximum absolute atomic E-state index is 10.4. The predicted molar refractivity (Wildman–Crippen MR) is 35.0 cm³/mol. The second-order valence-corrected chi connectivity index (χ2v) is 2.16. The number of hydrogen-bond acceptors (Lipinski definition) is 2. The second-order valence-electron chi connectivity index (χ2n) is 2.16. The highest BCUT2D eigenvalue weighted by molar-refractivity contribution is 5.81. The van der Waals surface area contributed by atoms with Gasteiger partial charge in [-0.15, -0.1) is 0 Å². The van der Waals surface area contributed by atoms with E-state index in [1.165, 1.54) is 12.3 Å². The smallest absolute Gasteiger partial charge is 0.412 e. The van der Waals surface area contributed by atoms with Crippen LogP contribution in [0.25, 0.3) is 0 Å². The Hall–Kier alpha value is -1.52. The van der Waals surface area contributed by atoms with E-state index in [1.54, 1.807) is 0 Å². The lowest BCUT2D eigenvalue weighted by Gasteiger charge is -2.15. The van der Waals surface area contributed by atoms with Gasteiger partial charge in [0.25, 0.3) is 0 Å². The molecule has 0 saturated carbocycles. The van der Waals surface area contributed by atoms with Gasteiger partial charge in [0, 0.05) is 6.20 Å². The number of hydrogen-bond donors (Lipinski definition) is 2. The summed E-state index contributed by atoms with van der Waals surface area (Å²) in [5.41, 5.74) is 0. The standard InChI is InChI=1S/C6H7NO4/c8-5(9)4-2-1-3-7(4)6(10)11/h1,3-4H,2H2,(H,8,9)(H,10,11)/t4-/m1/s1. The molecule has 1 aliphatic rings. The molecule has 0 spiro atoms. The molecule has 0 aliphatic carbocycles. The number of nitrogens with zero attached hydrogens (tertiary/aromatic N) is 1. The minimum Gasteiger partial charge on any atom is -0.480 e. The maximum atomic E-state index is 10.4. The quantitative estimate of drug-likeness (QED) is 0.575. The van der Waals surface area contributed by atoms with Gasteiger partial charge in [0.2, 0.25) is 0 Å². The minimum absolute atomic E-state index is 0.252. The lowest BCUT2D eigenvalue weighted by Crippen LogP contribution is -2.37. The van der Waals surface area contributed by atoms with E-state index in [0.717, 1.165) is 4.90 Å². The molecule has 1 rings (SSSR count). The van der Waals surface area contributed by atoms with Crippen LogP contribution >= 0.6 is 0 Å². The van der Waals surface area contributed by atoms with Gasteiger partial charge in [-0.05, 0) is 6.42 Å². The number of carbonyl (C=O) groups is 2. The molecule has 2 N–H and O–H groups in total. The van der Waals surface area contributed by atoms with Gasteiger partial charge in [0.1, 0.15) is 6.04 Å². The molecule has 1 atom stereocenters. The number of aliphatic carboxylic acids is 1. The van der Waals surface area contributed by atoms with Crippen molar-refractivity contribution < 1.29 is 19.8 Å². The van der Waals surface area contributed by atoms with Crippen molar-refractivity contribution in [3.8, 4) is 0 Å². The van der Waals surface area contributed by atoms with Gasteiger partial charge >= 0.3 is 12.1 Å². The number of carboxylic acid groups (broad SMARTS) is 2. The van der Waals surface area contributed by atoms with Crippen molar-refractivity contribution in [2.45, 2.75) is 12.5 Å². The van der Waals surface area contributed by atoms with Gasteiger partial charge in [-0.25, -0.2) is 9.59 Å². The van der Waals surface area contributed by atoms with E-state index in [-0.39, 0.29) is 6.42 Å². The molecule has 1 aliphatic heterocycles. The molecule has 5 nitrogen and oxygen atoms in total. The molecule has 0 aromatic rings. The Morgan fingerprint density at radius 3 is 2.45 bits per heavy atom. The van der Waals surface area contributed by atoms with Crippen LogP contribution in [-0.2, 0) is 4.79 Å². The normalized spacial score (nSPS) is 22.2. The average Bonchev–Trinajstić information content (AvgIpc) is 2.32. The fraction of sp³-hybridized carbons (Fsp3) is 0.333. The van der Waals surface area contributed by atoms with Crippen LogP contribution in [-0.4, -0.2) is 33.2 Å². The van der Waals surface area contributed by atoms with Crippen molar-refractivity contribution in [2.24, 2.45) is 0 Å². The Morgan fingerprint density at radius 2 is 2.09 bits per heavy atom. The fourth-order valence-electron chi connectivity index (χ4n) is 0.938. The van der Waals surface area contributed by atoms with Crippen LogP contribution in [0.3, 0.4) is 0 Å². The zero-order chi connectivity index (χ0) is 8.43. The van der Waals surface area contributed by atoms with Crippen LogP contribution < -0.4 is 0 Å². The van der Waals surface area contributed by atoms with Crippen molar-refractivity contribution in [2.75, 3.05) is 0 Å². The van der Waals surface area contributed by atoms with Gasteiger partial charge < -0.3 is 10.2 Å². The van der Waals surface area contributed by atoms with Crippen LogP contribution in [0.5, 0.6) is 0 Å². The third kappa shape index (κ3) is 1.31. The number of carboxylic acids is 1. The van der Waals surface area contributed by atoms with Gasteiger partial charge in [-0.3, -0.25) is 4.90 Å². The third-order valence-electron chi connectivity index (χ3n) is 1.47. The monoisotopic (exact) mass is 157 g/mol. The van der Waals surface area contributed by atoms with Gasteiger partial charge in [-0.1, -0.05) is 6.08 Å². The van der Waals surface area contributed by atoms with Crippen molar-refractivity contribution >= 4 is 12.1 Å². The summed E-state index contributed by atoms with van der Waals surface area (Å²) >= 11 is 0. The molecule has 0 aromatic heterocycles. The number of rotatable bonds is 1. The first-order chi connectivity index (χ1) is 5.13. The fourth-order valence-corrected chi connectivity index (χ4v) is 0.938. The summed E-state index contributed by atoms with van der Waals surface area (Å²) in [6.07, 6.45) is 1.81. The van der Waals surface area contributed by atoms with Gasteiger partial charge in [0.05, 0.1) is 0 Å². The highest BCUT2D eigenvalue weighted by atomic mass is 16.4. The van der Waals surface area contributed by atoms with E-state index in [4.69, 9.17) is 10.2 Å². The molecular weight excluding hydrogens is 150 g/mol. The molecule has 0 saturated heterocycles. The van der Waals surface area contributed by atoms with E-state index >= 15 is 0 Å². The molecule has 60 valence electrons. The SMILES string of the molecule is O=C(O)[C@H]1CC=CN1C(=O)O. The Labute approximate surface area is 62.5 Å².